The van der Waals surface area contributed by atoms with E-state index in [2.05, 4.69) is 37.2 Å². The fraction of sp³-hybridized carbons (Fsp3) is 0.190. The zero-order valence-electron chi connectivity index (χ0n) is 14.8. The Labute approximate surface area is 183 Å². The van der Waals surface area contributed by atoms with E-state index < -0.39 is 17.4 Å². The molecule has 1 amide bonds. The molecule has 0 bridgehead atoms. The van der Waals surface area contributed by atoms with Gasteiger partial charge in [-0.3, -0.25) is 4.79 Å². The molecule has 0 radical (unpaired) electrons. The number of hydrogen-bond donors (Lipinski definition) is 1. The molecule has 0 spiro atoms. The number of nitrogens with one attached hydrogen (secondary N) is 1. The Morgan fingerprint density at radius 2 is 1.96 bits per heavy atom. The first-order valence-corrected chi connectivity index (χ1v) is 10.4. The first-order chi connectivity index (χ1) is 13.2. The Bertz CT molecular complexity index is 992. The minimum atomic E-state index is -1.55. The maximum absolute atomic E-state index is 14.9. The molecule has 1 aliphatic rings. The normalized spacial score (nSPS) is 22.1. The molecule has 1 fully saturated rings. The molecule has 0 heterocycles. The van der Waals surface area contributed by atoms with Crippen LogP contribution in [-0.4, -0.2) is 11.6 Å². The number of anilines is 1. The Hall–Kier alpha value is -1.50. The van der Waals surface area contributed by atoms with Crippen molar-refractivity contribution in [1.82, 2.24) is 0 Å². The molecule has 2 aromatic carbocycles. The highest BCUT2D eigenvalue weighted by Gasteiger charge is 2.54. The lowest BCUT2D eigenvalue weighted by Crippen LogP contribution is -2.13. The van der Waals surface area contributed by atoms with Crippen molar-refractivity contribution in [3.63, 3.8) is 0 Å². The van der Waals surface area contributed by atoms with E-state index in [9.17, 15) is 13.6 Å². The first kappa shape index (κ1) is 21.2. The molecule has 1 aliphatic carbocycles. The molecule has 3 rings (SSSR count). The molecule has 2 nitrogen and oxygen atoms in total. The molecule has 2 aromatic rings. The highest BCUT2D eigenvalue weighted by atomic mass is 79.9. The third kappa shape index (κ3) is 4.73. The summed E-state index contributed by atoms with van der Waals surface area (Å²) in [6.07, 6.45) is 2.96. The molecule has 0 saturated heterocycles. The Morgan fingerprint density at radius 1 is 1.25 bits per heavy atom. The third-order valence-corrected chi connectivity index (χ3v) is 6.77. The lowest BCUT2D eigenvalue weighted by atomic mass is 10.1. The van der Waals surface area contributed by atoms with E-state index >= 15 is 0 Å². The van der Waals surface area contributed by atoms with Crippen molar-refractivity contribution in [2.75, 3.05) is 5.32 Å². The Kier molecular flexibility index (Phi) is 6.42. The van der Waals surface area contributed by atoms with Gasteiger partial charge in [0.2, 0.25) is 0 Å². The average molecular weight is 532 g/mol. The van der Waals surface area contributed by atoms with Gasteiger partial charge in [0, 0.05) is 14.9 Å². The number of alkyl halides is 1. The van der Waals surface area contributed by atoms with Gasteiger partial charge in [0.1, 0.15) is 5.67 Å². The molecule has 7 heteroatoms. The summed E-state index contributed by atoms with van der Waals surface area (Å²) >= 11 is 12.8. The molecule has 146 valence electrons. The lowest BCUT2D eigenvalue weighted by Gasteiger charge is -2.07. The maximum Gasteiger partial charge on any atom is 0.284 e. The SMILES string of the molecule is CC(/C=C/C1(F)CC1c1ccc(Br)c(Br)c1)=C(/F)C(=O)Nc1ccccc1Cl. The molecular weight excluding hydrogens is 515 g/mol. The van der Waals surface area contributed by atoms with Crippen molar-refractivity contribution < 1.29 is 13.6 Å². The summed E-state index contributed by atoms with van der Waals surface area (Å²) in [4.78, 5) is 12.1. The molecule has 0 aromatic heterocycles. The first-order valence-electron chi connectivity index (χ1n) is 8.46. The number of carbonyl (C=O) groups excluding carboxylic acids is 1. The van der Waals surface area contributed by atoms with Crippen LogP contribution >= 0.6 is 43.5 Å². The fourth-order valence-corrected chi connectivity index (χ4v) is 3.64. The van der Waals surface area contributed by atoms with Crippen LogP contribution in [0.1, 0.15) is 24.8 Å². The van der Waals surface area contributed by atoms with Crippen molar-refractivity contribution in [1.29, 1.82) is 0 Å². The predicted octanol–water partition coefficient (Wildman–Crippen LogP) is 7.50. The van der Waals surface area contributed by atoms with E-state index in [1.54, 1.807) is 24.3 Å². The second-order valence-corrected chi connectivity index (χ2v) is 8.74. The quantitative estimate of drug-likeness (QED) is 0.314. The third-order valence-electron chi connectivity index (χ3n) is 4.56. The lowest BCUT2D eigenvalue weighted by molar-refractivity contribution is -0.114. The Morgan fingerprint density at radius 3 is 2.64 bits per heavy atom. The minimum Gasteiger partial charge on any atom is -0.319 e. The van der Waals surface area contributed by atoms with Crippen LogP contribution in [0, 0.1) is 0 Å². The second kappa shape index (κ2) is 8.47. The summed E-state index contributed by atoms with van der Waals surface area (Å²) in [5, 5.41) is 2.72. The molecular formula is C21H16Br2ClF2NO. The molecule has 2 unspecified atom stereocenters. The van der Waals surface area contributed by atoms with Gasteiger partial charge in [-0.2, -0.15) is 0 Å². The van der Waals surface area contributed by atoms with Crippen LogP contribution in [-0.2, 0) is 4.79 Å². The average Bonchev–Trinajstić information content (AvgIpc) is 3.35. The van der Waals surface area contributed by atoms with Crippen molar-refractivity contribution in [3.8, 4) is 0 Å². The molecule has 0 aliphatic heterocycles. The summed E-state index contributed by atoms with van der Waals surface area (Å²) < 4.78 is 31.0. The number of carbonyl (C=O) groups is 1. The van der Waals surface area contributed by atoms with Crippen molar-refractivity contribution in [3.05, 3.63) is 85.5 Å². The summed E-state index contributed by atoms with van der Waals surface area (Å²) in [7, 11) is 0. The van der Waals surface area contributed by atoms with E-state index in [0.717, 1.165) is 14.5 Å². The number of amides is 1. The van der Waals surface area contributed by atoms with Gasteiger partial charge in [-0.05, 0) is 86.7 Å². The smallest absolute Gasteiger partial charge is 0.284 e. The van der Waals surface area contributed by atoms with Gasteiger partial charge in [0.15, 0.2) is 5.83 Å². The van der Waals surface area contributed by atoms with Crippen LogP contribution in [0.3, 0.4) is 0 Å². The van der Waals surface area contributed by atoms with E-state index in [0.29, 0.717) is 17.1 Å². The van der Waals surface area contributed by atoms with E-state index in [1.807, 2.05) is 18.2 Å². The number of rotatable bonds is 5. The highest BCUT2D eigenvalue weighted by molar-refractivity contribution is 9.13. The van der Waals surface area contributed by atoms with Gasteiger partial charge in [-0.15, -0.1) is 0 Å². The van der Waals surface area contributed by atoms with Crippen LogP contribution in [0.5, 0.6) is 0 Å². The highest BCUT2D eigenvalue weighted by Crippen LogP contribution is 2.56. The Balaban J connectivity index is 1.69. The van der Waals surface area contributed by atoms with Gasteiger partial charge in [0.05, 0.1) is 10.7 Å². The summed E-state index contributed by atoms with van der Waals surface area (Å²) in [6, 6.07) is 12.1. The predicted molar refractivity (Wildman–Crippen MR) is 116 cm³/mol. The van der Waals surface area contributed by atoms with Crippen LogP contribution < -0.4 is 5.32 Å². The van der Waals surface area contributed by atoms with Gasteiger partial charge in [0.25, 0.3) is 5.91 Å². The second-order valence-electron chi connectivity index (χ2n) is 6.62. The van der Waals surface area contributed by atoms with Gasteiger partial charge >= 0.3 is 0 Å². The number of halogens is 5. The standard InChI is InChI=1S/C21H16Br2ClF2NO/c1-12(19(25)20(28)27-18-5-3-2-4-17(18)24)8-9-21(26)11-14(21)13-6-7-15(22)16(23)10-13/h2-10,14H,11H2,1H3,(H,27,28)/b9-8+,19-12-. The molecule has 2 atom stereocenters. The molecule has 1 saturated carbocycles. The topological polar surface area (TPSA) is 29.1 Å². The number of para-hydroxylation sites is 1. The van der Waals surface area contributed by atoms with Gasteiger partial charge in [-0.25, -0.2) is 8.78 Å². The van der Waals surface area contributed by atoms with Crippen LogP contribution in [0.25, 0.3) is 0 Å². The van der Waals surface area contributed by atoms with E-state index in [4.69, 9.17) is 11.6 Å². The minimum absolute atomic E-state index is 0.0456. The summed E-state index contributed by atoms with van der Waals surface area (Å²) in [6.45, 7) is 1.43. The summed E-state index contributed by atoms with van der Waals surface area (Å²) in [5.74, 6) is -2.20. The van der Waals surface area contributed by atoms with Crippen molar-refractivity contribution in [2.45, 2.75) is 24.9 Å². The fourth-order valence-electron chi connectivity index (χ4n) is 2.82. The van der Waals surface area contributed by atoms with Crippen molar-refractivity contribution in [2.24, 2.45) is 0 Å². The molecule has 1 N–H and O–H groups in total. The van der Waals surface area contributed by atoms with Gasteiger partial charge < -0.3 is 5.32 Å². The number of benzene rings is 2. The van der Waals surface area contributed by atoms with Crippen LogP contribution in [0.2, 0.25) is 5.02 Å². The molecule has 28 heavy (non-hydrogen) atoms. The van der Waals surface area contributed by atoms with E-state index in [1.165, 1.54) is 19.1 Å². The van der Waals surface area contributed by atoms with Crippen LogP contribution in [0.15, 0.2) is 75.0 Å². The van der Waals surface area contributed by atoms with E-state index in [-0.39, 0.29) is 11.5 Å². The largest absolute Gasteiger partial charge is 0.319 e. The van der Waals surface area contributed by atoms with Crippen molar-refractivity contribution >= 4 is 55.1 Å². The zero-order chi connectivity index (χ0) is 20.5. The van der Waals surface area contributed by atoms with Crippen LogP contribution in [0.4, 0.5) is 14.5 Å². The monoisotopic (exact) mass is 529 g/mol. The zero-order valence-corrected chi connectivity index (χ0v) is 18.7. The number of hydrogen-bond acceptors (Lipinski definition) is 1. The van der Waals surface area contributed by atoms with Gasteiger partial charge in [-0.1, -0.05) is 35.9 Å². The maximum atomic E-state index is 14.9. The number of allylic oxidation sites excluding steroid dienone is 3. The summed E-state index contributed by atoms with van der Waals surface area (Å²) in [5.41, 5.74) is -0.329.